The fourth-order valence-corrected chi connectivity index (χ4v) is 4.09. The topological polar surface area (TPSA) is 50.8 Å². The summed E-state index contributed by atoms with van der Waals surface area (Å²) in [7, 11) is 0. The van der Waals surface area contributed by atoms with Gasteiger partial charge in [-0.3, -0.25) is 4.79 Å². The first kappa shape index (κ1) is 19.6. The second-order valence-electron chi connectivity index (χ2n) is 8.16. The average molecular weight is 395 g/mol. The second kappa shape index (κ2) is 8.76. The summed E-state index contributed by atoms with van der Waals surface area (Å²) in [5.41, 5.74) is 2.27. The molecule has 0 spiro atoms. The number of nitrogens with zero attached hydrogens (tertiary/aromatic N) is 1. The summed E-state index contributed by atoms with van der Waals surface area (Å²) in [5.74, 6) is 1.82. The van der Waals surface area contributed by atoms with Gasteiger partial charge in [0.25, 0.3) is 0 Å². The van der Waals surface area contributed by atoms with Gasteiger partial charge in [-0.05, 0) is 62.4 Å². The normalized spacial score (nSPS) is 18.2. The van der Waals surface area contributed by atoms with Crippen molar-refractivity contribution in [3.63, 3.8) is 0 Å². The highest BCUT2D eigenvalue weighted by Gasteiger charge is 2.29. The van der Waals surface area contributed by atoms with E-state index in [0.29, 0.717) is 6.10 Å². The largest absolute Gasteiger partial charge is 0.490 e. The lowest BCUT2D eigenvalue weighted by Gasteiger charge is -2.40. The van der Waals surface area contributed by atoms with Gasteiger partial charge in [-0.15, -0.1) is 0 Å². The molecule has 1 N–H and O–H groups in total. The summed E-state index contributed by atoms with van der Waals surface area (Å²) >= 11 is 0. The van der Waals surface area contributed by atoms with E-state index in [0.717, 1.165) is 30.2 Å². The van der Waals surface area contributed by atoms with Crippen molar-refractivity contribution in [2.75, 3.05) is 18.0 Å². The number of hydrogen-bond donors (Lipinski definition) is 1. The Kier molecular flexibility index (Phi) is 5.93. The van der Waals surface area contributed by atoms with Gasteiger partial charge in [0.1, 0.15) is 17.6 Å². The molecule has 0 aromatic heterocycles. The molecule has 1 saturated heterocycles. The zero-order chi connectivity index (χ0) is 20.2. The Hall–Kier alpha value is -2.69. The molecule has 2 fully saturated rings. The maximum absolute atomic E-state index is 11.2. The smallest absolute Gasteiger partial charge is 0.217 e. The van der Waals surface area contributed by atoms with Gasteiger partial charge in [-0.1, -0.05) is 18.2 Å². The molecule has 4 rings (SSSR count). The number of nitrogens with one attached hydrogen (secondary N) is 1. The van der Waals surface area contributed by atoms with Crippen molar-refractivity contribution < 1.29 is 14.3 Å². The number of rotatable bonds is 7. The van der Waals surface area contributed by atoms with E-state index in [1.54, 1.807) is 0 Å². The van der Waals surface area contributed by atoms with Gasteiger partial charge in [0.05, 0.1) is 25.2 Å². The Morgan fingerprint density at radius 3 is 2.38 bits per heavy atom. The highest BCUT2D eigenvalue weighted by atomic mass is 16.5. The summed E-state index contributed by atoms with van der Waals surface area (Å²) in [5, 5.41) is 2.90. The van der Waals surface area contributed by atoms with E-state index in [1.165, 1.54) is 38.3 Å². The fraction of sp³-hybridized carbons (Fsp3) is 0.458. The van der Waals surface area contributed by atoms with E-state index in [1.807, 2.05) is 31.2 Å². The molecule has 5 heteroatoms. The molecule has 154 valence electrons. The first-order valence-corrected chi connectivity index (χ1v) is 10.6. The number of carbonyl (C=O) groups excluding carboxylic acids is 1. The lowest BCUT2D eigenvalue weighted by molar-refractivity contribution is -0.119. The van der Waals surface area contributed by atoms with Gasteiger partial charge in [-0.2, -0.15) is 0 Å². The van der Waals surface area contributed by atoms with Gasteiger partial charge >= 0.3 is 0 Å². The maximum atomic E-state index is 11.2. The van der Waals surface area contributed by atoms with Crippen LogP contribution in [0.1, 0.15) is 51.1 Å². The molecule has 1 atom stereocenters. The van der Waals surface area contributed by atoms with Crippen LogP contribution in [-0.2, 0) is 4.79 Å². The Morgan fingerprint density at radius 2 is 1.69 bits per heavy atom. The molecular formula is C24H30N2O3. The van der Waals surface area contributed by atoms with Crippen molar-refractivity contribution in [2.45, 2.75) is 57.8 Å². The number of anilines is 1. The zero-order valence-corrected chi connectivity index (χ0v) is 17.3. The molecular weight excluding hydrogens is 364 g/mol. The van der Waals surface area contributed by atoms with Crippen LogP contribution in [0.3, 0.4) is 0 Å². The molecule has 1 heterocycles. The minimum absolute atomic E-state index is 0.000488. The first-order valence-electron chi connectivity index (χ1n) is 10.6. The van der Waals surface area contributed by atoms with Crippen molar-refractivity contribution in [1.29, 1.82) is 0 Å². The number of ether oxygens (including phenoxy) is 2. The molecule has 2 aliphatic rings. The summed E-state index contributed by atoms with van der Waals surface area (Å²) in [6, 6.07) is 16.4. The Labute approximate surface area is 173 Å². The lowest BCUT2D eigenvalue weighted by Crippen LogP contribution is -2.54. The molecule has 1 aliphatic carbocycles. The SMILES string of the molecule is CC(=O)N[C@@H](C)c1ccc(OC2CN(c3cccc(OC4CCCC4)c3)C2)cc1. The first-order chi connectivity index (χ1) is 14.1. The van der Waals surface area contributed by atoms with Crippen LogP contribution in [0.2, 0.25) is 0 Å². The molecule has 29 heavy (non-hydrogen) atoms. The third-order valence-electron chi connectivity index (χ3n) is 5.74. The van der Waals surface area contributed by atoms with Crippen LogP contribution in [0.25, 0.3) is 0 Å². The number of carbonyl (C=O) groups is 1. The van der Waals surface area contributed by atoms with Gasteiger partial charge in [0, 0.05) is 18.7 Å². The van der Waals surface area contributed by atoms with Crippen LogP contribution in [0.4, 0.5) is 5.69 Å². The Balaban J connectivity index is 1.27. The third-order valence-corrected chi connectivity index (χ3v) is 5.74. The van der Waals surface area contributed by atoms with Crippen molar-refractivity contribution >= 4 is 11.6 Å². The predicted octanol–water partition coefficient (Wildman–Crippen LogP) is 4.47. The molecule has 0 unspecified atom stereocenters. The number of benzene rings is 2. The van der Waals surface area contributed by atoms with Gasteiger partial charge < -0.3 is 19.7 Å². The quantitative estimate of drug-likeness (QED) is 0.753. The van der Waals surface area contributed by atoms with Crippen molar-refractivity contribution in [1.82, 2.24) is 5.32 Å². The van der Waals surface area contributed by atoms with E-state index < -0.39 is 0 Å². The minimum atomic E-state index is -0.0231. The van der Waals surface area contributed by atoms with Gasteiger partial charge in [-0.25, -0.2) is 0 Å². The van der Waals surface area contributed by atoms with E-state index >= 15 is 0 Å². The monoisotopic (exact) mass is 394 g/mol. The van der Waals surface area contributed by atoms with Crippen molar-refractivity contribution in [3.05, 3.63) is 54.1 Å². The molecule has 5 nitrogen and oxygen atoms in total. The molecule has 1 aliphatic heterocycles. The standard InChI is InChI=1S/C24H30N2O3/c1-17(25-18(2)27)19-10-12-22(13-11-19)29-24-15-26(16-24)20-6-5-9-23(14-20)28-21-7-3-4-8-21/h5-6,9-14,17,21,24H,3-4,7-8,15-16H2,1-2H3,(H,25,27)/t17-/m0/s1. The summed E-state index contributed by atoms with van der Waals surface area (Å²) in [6.07, 6.45) is 5.48. The zero-order valence-electron chi connectivity index (χ0n) is 17.3. The van der Waals surface area contributed by atoms with Crippen LogP contribution >= 0.6 is 0 Å². The van der Waals surface area contributed by atoms with Crippen LogP contribution in [0.15, 0.2) is 48.5 Å². The summed E-state index contributed by atoms with van der Waals surface area (Å²) in [4.78, 5) is 13.5. The molecule has 0 bridgehead atoms. The minimum Gasteiger partial charge on any atom is -0.490 e. The lowest BCUT2D eigenvalue weighted by atomic mass is 10.1. The van der Waals surface area contributed by atoms with Gasteiger partial charge in [0.2, 0.25) is 5.91 Å². The molecule has 2 aromatic carbocycles. The Bertz CT molecular complexity index is 824. The van der Waals surface area contributed by atoms with E-state index in [4.69, 9.17) is 9.47 Å². The fourth-order valence-electron chi connectivity index (χ4n) is 4.09. The molecule has 0 radical (unpaired) electrons. The molecule has 1 amide bonds. The molecule has 2 aromatic rings. The van der Waals surface area contributed by atoms with Crippen molar-refractivity contribution in [3.8, 4) is 11.5 Å². The van der Waals surface area contributed by atoms with Crippen LogP contribution in [-0.4, -0.2) is 31.2 Å². The highest BCUT2D eigenvalue weighted by molar-refractivity contribution is 5.73. The number of amides is 1. The predicted molar refractivity (Wildman–Crippen MR) is 115 cm³/mol. The number of hydrogen-bond acceptors (Lipinski definition) is 4. The van der Waals surface area contributed by atoms with E-state index in [-0.39, 0.29) is 18.1 Å². The van der Waals surface area contributed by atoms with Crippen LogP contribution < -0.4 is 19.7 Å². The van der Waals surface area contributed by atoms with Crippen LogP contribution in [0, 0.1) is 0 Å². The third kappa shape index (κ3) is 5.03. The summed E-state index contributed by atoms with van der Waals surface area (Å²) < 4.78 is 12.2. The summed E-state index contributed by atoms with van der Waals surface area (Å²) in [6.45, 7) is 5.26. The van der Waals surface area contributed by atoms with Crippen LogP contribution in [0.5, 0.6) is 11.5 Å². The average Bonchev–Trinajstić information content (AvgIpc) is 3.17. The van der Waals surface area contributed by atoms with Crippen molar-refractivity contribution in [2.24, 2.45) is 0 Å². The maximum Gasteiger partial charge on any atom is 0.217 e. The van der Waals surface area contributed by atoms with E-state index in [9.17, 15) is 4.79 Å². The Morgan fingerprint density at radius 1 is 1.00 bits per heavy atom. The second-order valence-corrected chi connectivity index (χ2v) is 8.16. The van der Waals surface area contributed by atoms with Gasteiger partial charge in [0.15, 0.2) is 0 Å². The van der Waals surface area contributed by atoms with E-state index in [2.05, 4.69) is 34.5 Å². The highest BCUT2D eigenvalue weighted by Crippen LogP contribution is 2.30. The molecule has 1 saturated carbocycles.